The number of benzene rings is 4. The van der Waals surface area contributed by atoms with Crippen molar-refractivity contribution >= 4 is 23.2 Å². The predicted molar refractivity (Wildman–Crippen MR) is 192 cm³/mol. The molecule has 0 aliphatic carbocycles. The van der Waals surface area contributed by atoms with E-state index in [1.54, 1.807) is 14.2 Å². The third-order valence-corrected chi connectivity index (χ3v) is 9.53. The lowest BCUT2D eigenvalue weighted by Crippen LogP contribution is -2.49. The Morgan fingerprint density at radius 1 is 0.510 bits per heavy atom. The van der Waals surface area contributed by atoms with E-state index >= 15 is 0 Å². The van der Waals surface area contributed by atoms with E-state index in [1.165, 1.54) is 11.4 Å². The van der Waals surface area contributed by atoms with Crippen LogP contribution in [0.5, 0.6) is 11.5 Å². The van der Waals surface area contributed by atoms with Crippen LogP contribution in [0.4, 0.5) is 11.4 Å². The molecule has 0 spiro atoms. The first kappa shape index (κ1) is 33.9. The second-order valence-corrected chi connectivity index (χ2v) is 12.5. The fourth-order valence-electron chi connectivity index (χ4n) is 6.61. The van der Waals surface area contributed by atoms with Gasteiger partial charge in [0.05, 0.1) is 39.3 Å². The zero-order valence-corrected chi connectivity index (χ0v) is 28.4. The molecule has 0 radical (unpaired) electrons. The van der Waals surface area contributed by atoms with Gasteiger partial charge < -0.3 is 33.8 Å². The van der Waals surface area contributed by atoms with E-state index in [1.807, 2.05) is 94.7 Å². The molecule has 0 bridgehead atoms. The Morgan fingerprint density at radius 3 is 1.18 bits per heavy atom. The van der Waals surface area contributed by atoms with E-state index in [9.17, 15) is 9.59 Å². The highest BCUT2D eigenvalue weighted by atomic mass is 16.5. The number of anilines is 2. The number of amides is 2. The number of methoxy groups -OCH3 is 2. The van der Waals surface area contributed by atoms with E-state index in [4.69, 9.17) is 14.2 Å². The highest BCUT2D eigenvalue weighted by molar-refractivity contribution is 5.78. The van der Waals surface area contributed by atoms with E-state index in [-0.39, 0.29) is 24.7 Å². The molecular formula is C40H46N4O5. The van der Waals surface area contributed by atoms with Gasteiger partial charge in [-0.3, -0.25) is 9.59 Å². The molecule has 0 N–H and O–H groups in total. The smallest absolute Gasteiger partial charge is 0.225 e. The number of carbonyl (C=O) groups is 2. The van der Waals surface area contributed by atoms with E-state index < -0.39 is 12.2 Å². The standard InChI is InChI=1S/C40H46N4O5/c1-47-35-17-13-31(14-18-35)37(29-39(45)43-25-21-41(22-26-43)33-9-5-3-6-10-33)49-38(32-15-19-36(48-2)20-16-32)30-40(46)44-27-23-42(24-28-44)34-11-7-4-8-12-34/h3-20,37-38H,21-30H2,1-2H3. The third-order valence-electron chi connectivity index (χ3n) is 9.53. The van der Waals surface area contributed by atoms with Gasteiger partial charge in [-0.25, -0.2) is 0 Å². The Bertz CT molecular complexity index is 1500. The van der Waals surface area contributed by atoms with Crippen molar-refractivity contribution in [3.63, 3.8) is 0 Å². The summed E-state index contributed by atoms with van der Waals surface area (Å²) in [6, 6.07) is 35.9. The molecule has 4 aromatic rings. The Kier molecular flexibility index (Phi) is 11.3. The molecule has 0 aromatic heterocycles. The van der Waals surface area contributed by atoms with Crippen molar-refractivity contribution in [1.29, 1.82) is 0 Å². The summed E-state index contributed by atoms with van der Waals surface area (Å²) in [5.41, 5.74) is 4.06. The average molecular weight is 663 g/mol. The van der Waals surface area contributed by atoms with Crippen molar-refractivity contribution in [3.8, 4) is 11.5 Å². The number of ether oxygens (including phenoxy) is 3. The molecular weight excluding hydrogens is 616 g/mol. The van der Waals surface area contributed by atoms with Gasteiger partial charge in [0.15, 0.2) is 0 Å². The molecule has 2 fully saturated rings. The first-order chi connectivity index (χ1) is 24.0. The Hall–Kier alpha value is -5.02. The van der Waals surface area contributed by atoms with Gasteiger partial charge >= 0.3 is 0 Å². The monoisotopic (exact) mass is 662 g/mol. The Morgan fingerprint density at radius 2 is 0.857 bits per heavy atom. The normalized spacial score (nSPS) is 16.2. The molecule has 2 atom stereocenters. The average Bonchev–Trinajstić information content (AvgIpc) is 3.18. The molecule has 0 saturated carbocycles. The number of rotatable bonds is 12. The Labute approximate surface area is 289 Å². The molecule has 9 nitrogen and oxygen atoms in total. The minimum atomic E-state index is -0.569. The van der Waals surface area contributed by atoms with Gasteiger partial charge in [-0.15, -0.1) is 0 Å². The van der Waals surface area contributed by atoms with Crippen molar-refractivity contribution in [2.24, 2.45) is 0 Å². The van der Waals surface area contributed by atoms with Crippen LogP contribution in [-0.4, -0.2) is 88.2 Å². The topological polar surface area (TPSA) is 74.8 Å². The van der Waals surface area contributed by atoms with Crippen LogP contribution in [-0.2, 0) is 14.3 Å². The van der Waals surface area contributed by atoms with E-state index in [0.29, 0.717) is 26.2 Å². The summed E-state index contributed by atoms with van der Waals surface area (Å²) in [7, 11) is 3.26. The lowest BCUT2D eigenvalue weighted by Gasteiger charge is -2.37. The molecule has 2 saturated heterocycles. The second-order valence-electron chi connectivity index (χ2n) is 12.5. The molecule has 2 aliphatic rings. The van der Waals surface area contributed by atoms with E-state index in [2.05, 4.69) is 34.1 Å². The summed E-state index contributed by atoms with van der Waals surface area (Å²) < 4.78 is 17.7. The fourth-order valence-corrected chi connectivity index (χ4v) is 6.61. The second kappa shape index (κ2) is 16.4. The first-order valence-electron chi connectivity index (χ1n) is 17.1. The summed E-state index contributed by atoms with van der Waals surface area (Å²) in [5, 5.41) is 0. The van der Waals surface area contributed by atoms with Crippen LogP contribution in [0, 0.1) is 0 Å². The van der Waals surface area contributed by atoms with Gasteiger partial charge in [-0.05, 0) is 59.7 Å². The summed E-state index contributed by atoms with van der Waals surface area (Å²) in [6.45, 7) is 5.62. The molecule has 256 valence electrons. The number of hydrogen-bond acceptors (Lipinski definition) is 7. The molecule has 4 aromatic carbocycles. The summed E-state index contributed by atoms with van der Waals surface area (Å²) in [6.07, 6.45) is -0.816. The van der Waals surface area contributed by atoms with Crippen molar-refractivity contribution < 1.29 is 23.8 Å². The lowest BCUT2D eigenvalue weighted by molar-refractivity contribution is -0.139. The SMILES string of the molecule is COc1ccc(C(CC(=O)N2CCN(c3ccccc3)CC2)OC(CC(=O)N2CCN(c3ccccc3)CC2)c2ccc(OC)cc2)cc1. The number of para-hydroxylation sites is 2. The zero-order valence-electron chi connectivity index (χ0n) is 28.4. The minimum Gasteiger partial charge on any atom is -0.497 e. The molecule has 2 aliphatic heterocycles. The van der Waals surface area contributed by atoms with Gasteiger partial charge in [-0.1, -0.05) is 60.7 Å². The predicted octanol–water partition coefficient (Wildman–Crippen LogP) is 5.98. The van der Waals surface area contributed by atoms with Gasteiger partial charge in [-0.2, -0.15) is 0 Å². The molecule has 6 rings (SSSR count). The van der Waals surface area contributed by atoms with Crippen LogP contribution in [0.1, 0.15) is 36.2 Å². The molecule has 2 unspecified atom stereocenters. The van der Waals surface area contributed by atoms with Crippen molar-refractivity contribution in [1.82, 2.24) is 9.80 Å². The maximum atomic E-state index is 13.9. The molecule has 49 heavy (non-hydrogen) atoms. The van der Waals surface area contributed by atoms with Gasteiger partial charge in [0.1, 0.15) is 11.5 Å². The zero-order chi connectivity index (χ0) is 34.0. The van der Waals surface area contributed by atoms with Gasteiger partial charge in [0.25, 0.3) is 0 Å². The van der Waals surface area contributed by atoms with Crippen LogP contribution < -0.4 is 19.3 Å². The van der Waals surface area contributed by atoms with Crippen molar-refractivity contribution in [2.45, 2.75) is 25.0 Å². The molecule has 2 amide bonds. The maximum Gasteiger partial charge on any atom is 0.225 e. The quantitative estimate of drug-likeness (QED) is 0.185. The van der Waals surface area contributed by atoms with Crippen LogP contribution in [0.3, 0.4) is 0 Å². The highest BCUT2D eigenvalue weighted by Gasteiger charge is 2.30. The van der Waals surface area contributed by atoms with Gasteiger partial charge in [0.2, 0.25) is 11.8 Å². The van der Waals surface area contributed by atoms with Crippen LogP contribution in [0.15, 0.2) is 109 Å². The maximum absolute atomic E-state index is 13.9. The minimum absolute atomic E-state index is 0.0328. The number of carbonyl (C=O) groups excluding carboxylic acids is 2. The van der Waals surface area contributed by atoms with Crippen LogP contribution >= 0.6 is 0 Å². The van der Waals surface area contributed by atoms with Crippen LogP contribution in [0.25, 0.3) is 0 Å². The molecule has 9 heteroatoms. The van der Waals surface area contributed by atoms with E-state index in [0.717, 1.165) is 48.8 Å². The fraction of sp³-hybridized carbons (Fsp3) is 0.350. The van der Waals surface area contributed by atoms with Crippen molar-refractivity contribution in [2.75, 3.05) is 76.4 Å². The first-order valence-corrected chi connectivity index (χ1v) is 17.1. The number of piperazine rings is 2. The largest absolute Gasteiger partial charge is 0.497 e. The molecule has 2 heterocycles. The number of nitrogens with zero attached hydrogens (tertiary/aromatic N) is 4. The number of hydrogen-bond donors (Lipinski definition) is 0. The Balaban J connectivity index is 1.18. The van der Waals surface area contributed by atoms with Gasteiger partial charge in [0, 0.05) is 63.7 Å². The third kappa shape index (κ3) is 8.72. The summed E-state index contributed by atoms with van der Waals surface area (Å²) in [4.78, 5) is 36.2. The highest BCUT2D eigenvalue weighted by Crippen LogP contribution is 2.34. The summed E-state index contributed by atoms with van der Waals surface area (Å²) in [5.74, 6) is 1.51. The summed E-state index contributed by atoms with van der Waals surface area (Å²) >= 11 is 0. The van der Waals surface area contributed by atoms with Crippen LogP contribution in [0.2, 0.25) is 0 Å². The lowest BCUT2D eigenvalue weighted by atomic mass is 10.0. The van der Waals surface area contributed by atoms with Crippen molar-refractivity contribution in [3.05, 3.63) is 120 Å².